The van der Waals surface area contributed by atoms with E-state index in [1.54, 1.807) is 12.1 Å². The summed E-state index contributed by atoms with van der Waals surface area (Å²) >= 11 is 5.09. The summed E-state index contributed by atoms with van der Waals surface area (Å²) in [6, 6.07) is 7.18. The molecule has 0 saturated heterocycles. The summed E-state index contributed by atoms with van der Waals surface area (Å²) in [4.78, 5) is 14.2. The lowest BCUT2D eigenvalue weighted by molar-refractivity contribution is 0.0936. The number of carbonyl (C=O) groups is 1. The molecular formula is C10H7ClFNO. The monoisotopic (exact) mass is 211 g/mol. The van der Waals surface area contributed by atoms with E-state index in [1.807, 2.05) is 12.1 Å². The fraction of sp³-hybridized carbons (Fsp3) is 0.100. The second-order valence-electron chi connectivity index (χ2n) is 2.91. The van der Waals surface area contributed by atoms with Crippen LogP contribution in [0.3, 0.4) is 0 Å². The number of aromatic amines is 1. The summed E-state index contributed by atoms with van der Waals surface area (Å²) in [5.41, 5.74) is -0.884. The number of H-pyrrole nitrogens is 1. The second-order valence-corrected chi connectivity index (χ2v) is 3.30. The lowest BCUT2D eigenvalue weighted by Crippen LogP contribution is -2.08. The predicted octanol–water partition coefficient (Wildman–Crippen LogP) is 2.89. The number of halogens is 2. The number of rotatable bonds is 2. The van der Waals surface area contributed by atoms with E-state index in [0.29, 0.717) is 10.9 Å². The van der Waals surface area contributed by atoms with Crippen molar-refractivity contribution in [3.05, 3.63) is 36.0 Å². The quantitative estimate of drug-likeness (QED) is 0.601. The van der Waals surface area contributed by atoms with Crippen molar-refractivity contribution in [2.24, 2.45) is 0 Å². The van der Waals surface area contributed by atoms with Gasteiger partial charge in [0, 0.05) is 22.7 Å². The molecule has 2 rings (SSSR count). The van der Waals surface area contributed by atoms with Crippen molar-refractivity contribution in [2.75, 3.05) is 0 Å². The van der Waals surface area contributed by atoms with E-state index in [1.165, 1.54) is 6.20 Å². The molecule has 0 amide bonds. The number of ketones is 1. The average Bonchev–Trinajstić information content (AvgIpc) is 2.60. The van der Waals surface area contributed by atoms with E-state index in [0.717, 1.165) is 5.52 Å². The molecule has 1 aromatic heterocycles. The molecule has 14 heavy (non-hydrogen) atoms. The van der Waals surface area contributed by atoms with Crippen LogP contribution in [0.25, 0.3) is 10.9 Å². The summed E-state index contributed by atoms with van der Waals surface area (Å²) in [5, 5.41) is 0.695. The molecule has 0 saturated carbocycles. The maximum atomic E-state index is 12.6. The zero-order valence-corrected chi connectivity index (χ0v) is 7.88. The Hall–Kier alpha value is -1.35. The maximum Gasteiger partial charge on any atom is 0.235 e. The normalized spacial score (nSPS) is 13.0. The molecule has 0 aliphatic rings. The molecule has 2 nitrogen and oxygen atoms in total. The van der Waals surface area contributed by atoms with Gasteiger partial charge in [-0.2, -0.15) is 0 Å². The van der Waals surface area contributed by atoms with Crippen LogP contribution in [-0.2, 0) is 0 Å². The highest BCUT2D eigenvalue weighted by atomic mass is 35.5. The van der Waals surface area contributed by atoms with Crippen molar-refractivity contribution in [3.63, 3.8) is 0 Å². The van der Waals surface area contributed by atoms with E-state index in [4.69, 9.17) is 11.6 Å². The van der Waals surface area contributed by atoms with Crippen molar-refractivity contribution < 1.29 is 9.18 Å². The number of carbonyl (C=O) groups excluding carboxylic acids is 1. The van der Waals surface area contributed by atoms with Crippen LogP contribution in [0.15, 0.2) is 30.5 Å². The number of fused-ring (bicyclic) bond motifs is 1. The molecule has 0 radical (unpaired) electrons. The minimum atomic E-state index is -1.98. The van der Waals surface area contributed by atoms with E-state index in [9.17, 15) is 9.18 Å². The summed E-state index contributed by atoms with van der Waals surface area (Å²) in [6.45, 7) is 0. The topological polar surface area (TPSA) is 32.9 Å². The third kappa shape index (κ3) is 1.40. The van der Waals surface area contributed by atoms with Crippen molar-refractivity contribution in [1.82, 2.24) is 4.98 Å². The minimum Gasteiger partial charge on any atom is -0.360 e. The highest BCUT2D eigenvalue weighted by Gasteiger charge is 2.19. The van der Waals surface area contributed by atoms with Crippen LogP contribution >= 0.6 is 11.6 Å². The van der Waals surface area contributed by atoms with Crippen LogP contribution in [0.1, 0.15) is 10.4 Å². The third-order valence-electron chi connectivity index (χ3n) is 2.05. The van der Waals surface area contributed by atoms with Gasteiger partial charge in [-0.05, 0) is 6.07 Å². The molecule has 0 aliphatic heterocycles. The standard InChI is InChI=1S/C10H7ClFNO/c11-10(12)9(14)7-5-13-8-4-2-1-3-6(7)8/h1-5,10,13H. The molecule has 1 heterocycles. The first-order chi connectivity index (χ1) is 6.70. The lowest BCUT2D eigenvalue weighted by Gasteiger charge is -1.96. The summed E-state index contributed by atoms with van der Waals surface area (Å²) in [5.74, 6) is -0.705. The number of hydrogen-bond donors (Lipinski definition) is 1. The van der Waals surface area contributed by atoms with Crippen LogP contribution in [0.2, 0.25) is 0 Å². The number of alkyl halides is 2. The highest BCUT2D eigenvalue weighted by molar-refractivity contribution is 6.34. The van der Waals surface area contributed by atoms with Gasteiger partial charge in [-0.1, -0.05) is 29.8 Å². The second kappa shape index (κ2) is 3.42. The van der Waals surface area contributed by atoms with E-state index in [-0.39, 0.29) is 0 Å². The average molecular weight is 212 g/mol. The zero-order chi connectivity index (χ0) is 10.1. The van der Waals surface area contributed by atoms with Gasteiger partial charge >= 0.3 is 0 Å². The van der Waals surface area contributed by atoms with Gasteiger partial charge < -0.3 is 4.98 Å². The molecule has 1 unspecified atom stereocenters. The van der Waals surface area contributed by atoms with Crippen LogP contribution in [-0.4, -0.2) is 16.4 Å². The molecule has 0 spiro atoms. The van der Waals surface area contributed by atoms with Gasteiger partial charge in [0.25, 0.3) is 0 Å². The van der Waals surface area contributed by atoms with Crippen molar-refractivity contribution in [1.29, 1.82) is 0 Å². The Bertz CT molecular complexity index is 478. The smallest absolute Gasteiger partial charge is 0.235 e. The maximum absolute atomic E-state index is 12.6. The molecular weight excluding hydrogens is 205 g/mol. The molecule has 72 valence electrons. The molecule has 2 aromatic rings. The van der Waals surface area contributed by atoms with Gasteiger partial charge in [-0.25, -0.2) is 4.39 Å². The Morgan fingerprint density at radius 2 is 2.14 bits per heavy atom. The molecule has 1 aromatic carbocycles. The van der Waals surface area contributed by atoms with Gasteiger partial charge in [0.15, 0.2) is 0 Å². The van der Waals surface area contributed by atoms with E-state index >= 15 is 0 Å². The van der Waals surface area contributed by atoms with Crippen molar-refractivity contribution in [2.45, 2.75) is 5.63 Å². The molecule has 1 atom stereocenters. The van der Waals surface area contributed by atoms with Crippen molar-refractivity contribution >= 4 is 28.3 Å². The first kappa shape index (κ1) is 9.21. The predicted molar refractivity (Wildman–Crippen MR) is 53.4 cm³/mol. The molecule has 0 bridgehead atoms. The van der Waals surface area contributed by atoms with Gasteiger partial charge in [-0.3, -0.25) is 4.79 Å². The molecule has 0 fully saturated rings. The number of nitrogens with one attached hydrogen (secondary N) is 1. The first-order valence-corrected chi connectivity index (χ1v) is 4.52. The summed E-state index contributed by atoms with van der Waals surface area (Å²) in [6.07, 6.45) is 1.47. The number of Topliss-reactive ketones (excluding diaryl/α,β-unsaturated/α-hetero) is 1. The van der Waals surface area contributed by atoms with Crippen molar-refractivity contribution in [3.8, 4) is 0 Å². The lowest BCUT2D eigenvalue weighted by atomic mass is 10.1. The summed E-state index contributed by atoms with van der Waals surface area (Å²) in [7, 11) is 0. The largest absolute Gasteiger partial charge is 0.360 e. The van der Waals surface area contributed by atoms with E-state index < -0.39 is 11.4 Å². The van der Waals surface area contributed by atoms with Crippen LogP contribution in [0.4, 0.5) is 4.39 Å². The van der Waals surface area contributed by atoms with Crippen LogP contribution in [0.5, 0.6) is 0 Å². The Kier molecular flexibility index (Phi) is 2.25. The number of aromatic nitrogens is 1. The molecule has 1 N–H and O–H groups in total. The van der Waals surface area contributed by atoms with Gasteiger partial charge in [0.1, 0.15) is 0 Å². The van der Waals surface area contributed by atoms with E-state index in [2.05, 4.69) is 4.98 Å². The van der Waals surface area contributed by atoms with Gasteiger partial charge in [0.05, 0.1) is 0 Å². The highest BCUT2D eigenvalue weighted by Crippen LogP contribution is 2.20. The van der Waals surface area contributed by atoms with Crippen LogP contribution in [0, 0.1) is 0 Å². The number of benzene rings is 1. The molecule has 4 heteroatoms. The Labute approximate surface area is 84.7 Å². The first-order valence-electron chi connectivity index (χ1n) is 4.08. The fourth-order valence-electron chi connectivity index (χ4n) is 1.39. The Morgan fingerprint density at radius 1 is 1.43 bits per heavy atom. The SMILES string of the molecule is O=C(c1c[nH]c2ccccc12)C(F)Cl. The molecule has 0 aliphatic carbocycles. The van der Waals surface area contributed by atoms with Gasteiger partial charge in [-0.15, -0.1) is 0 Å². The zero-order valence-electron chi connectivity index (χ0n) is 7.13. The number of para-hydroxylation sites is 1. The van der Waals surface area contributed by atoms with Gasteiger partial charge in [0.2, 0.25) is 11.4 Å². The minimum absolute atomic E-state index is 0.295. The Morgan fingerprint density at radius 3 is 2.86 bits per heavy atom. The Balaban J connectivity index is 2.58. The van der Waals surface area contributed by atoms with Crippen LogP contribution < -0.4 is 0 Å². The summed E-state index contributed by atoms with van der Waals surface area (Å²) < 4.78 is 12.6. The fourth-order valence-corrected chi connectivity index (χ4v) is 1.51. The number of hydrogen-bond acceptors (Lipinski definition) is 1. The third-order valence-corrected chi connectivity index (χ3v) is 2.25.